The van der Waals surface area contributed by atoms with E-state index in [1.165, 1.54) is 0 Å². The van der Waals surface area contributed by atoms with Gasteiger partial charge >= 0.3 is 68.9 Å². The fourth-order valence-corrected chi connectivity index (χ4v) is 0. The van der Waals surface area contributed by atoms with Crippen LogP contribution in [0.5, 0.6) is 0 Å². The van der Waals surface area contributed by atoms with Crippen molar-refractivity contribution in [1.82, 2.24) is 0 Å². The van der Waals surface area contributed by atoms with Crippen LogP contribution in [0.1, 0.15) is 0 Å². The van der Waals surface area contributed by atoms with Crippen LogP contribution in [0, 0.1) is 0 Å². The van der Waals surface area contributed by atoms with Gasteiger partial charge in [-0.15, -0.1) is 0 Å². The fraction of sp³-hybridized carbons (Fsp3) is 0. The van der Waals surface area contributed by atoms with Crippen LogP contribution in [0.4, 0.5) is 0 Å². The van der Waals surface area contributed by atoms with Crippen molar-refractivity contribution in [3.05, 3.63) is 0 Å². The van der Waals surface area contributed by atoms with Gasteiger partial charge in [0.05, 0.1) is 0 Å². The van der Waals surface area contributed by atoms with E-state index in [1.54, 1.807) is 0 Å². The average molecular weight is 382 g/mol. The minimum absolute atomic E-state index is 0.0556. The number of hydrogen-bond acceptors (Lipinski definition) is 3. The predicted octanol–water partition coefficient (Wildman–Crippen LogP) is -1.01. The van der Waals surface area contributed by atoms with Crippen molar-refractivity contribution >= 4 is 24.7 Å². The maximum atomic E-state index is 8.39. The molecule has 0 aromatic carbocycles. The van der Waals surface area contributed by atoms with Crippen LogP contribution in [0.3, 0.4) is 0 Å². The summed E-state index contributed by atoms with van der Waals surface area (Å²) in [6.07, 6.45) is 0. The first-order valence-electron chi connectivity index (χ1n) is 0.629. The Kier molecular flexibility index (Phi) is 246. The monoisotopic (exact) mass is 381 g/mol. The molecule has 6 heteroatoms. The van der Waals surface area contributed by atoms with E-state index in [0.29, 0.717) is 0 Å². The number of hydrogen-bond donors (Lipinski definition) is 0. The van der Waals surface area contributed by atoms with Crippen molar-refractivity contribution in [2.45, 2.75) is 0 Å². The van der Waals surface area contributed by atoms with E-state index in [9.17, 15) is 0 Å². The molecule has 0 fully saturated rings. The molecule has 0 heterocycles. The zero-order chi connectivity index (χ0) is 6.00. The van der Waals surface area contributed by atoms with Crippen LogP contribution in [-0.4, -0.2) is 24.7 Å². The van der Waals surface area contributed by atoms with Gasteiger partial charge in [0.1, 0.15) is 0 Å². The molecule has 0 N–H and O–H groups in total. The third-order valence-corrected chi connectivity index (χ3v) is 0. The molecule has 35 valence electrons. The average Bonchev–Trinajstić information content (AvgIpc) is 1.81. The van der Waals surface area contributed by atoms with Gasteiger partial charge in [0.2, 0.25) is 0 Å². The predicted molar refractivity (Wildman–Crippen MR) is 9.21 cm³/mol. The molecule has 0 rings (SSSR count). The summed E-state index contributed by atoms with van der Waals surface area (Å²) in [5, 5.41) is 0. The van der Waals surface area contributed by atoms with Crippen LogP contribution in [0.2, 0.25) is 0 Å². The second kappa shape index (κ2) is 94.1. The third kappa shape index (κ3) is 52.8. The first kappa shape index (κ1) is 15.7. The molecular formula is HBiCoO3Zn. The van der Waals surface area contributed by atoms with Gasteiger partial charge in [0.15, 0.2) is 0 Å². The molecule has 0 aromatic rings. The summed E-state index contributed by atoms with van der Waals surface area (Å²) in [5.74, 6) is 0. The van der Waals surface area contributed by atoms with Crippen molar-refractivity contribution in [3.63, 3.8) is 0 Å². The first-order valence-corrected chi connectivity index (χ1v) is 3.85. The summed E-state index contributed by atoms with van der Waals surface area (Å²) in [6, 6.07) is 0. The Morgan fingerprint density at radius 1 is 1.17 bits per heavy atom. The molecule has 0 aromatic heterocycles. The Morgan fingerprint density at radius 2 is 1.17 bits per heavy atom. The van der Waals surface area contributed by atoms with E-state index < -0.39 is 0 Å². The summed E-state index contributed by atoms with van der Waals surface area (Å²) in [6.45, 7) is 0. The normalized spacial score (nSPS) is 2.50. The third-order valence-electron chi connectivity index (χ3n) is 0. The molecule has 0 saturated carbocycles. The topological polar surface area (TPSA) is 51.2 Å². The zero-order valence-electron chi connectivity index (χ0n) is 2.77. The summed E-state index contributed by atoms with van der Waals surface area (Å²) in [4.78, 5) is 0. The van der Waals surface area contributed by atoms with Crippen LogP contribution in [-0.2, 0) is 44.2 Å². The second-order valence-corrected chi connectivity index (χ2v) is 0. The fourth-order valence-electron chi connectivity index (χ4n) is 0. The summed E-state index contributed by atoms with van der Waals surface area (Å²) >= 11 is 2.49. The SMILES string of the molecule is [O]=[BiH].[O]=[Co].[O]=[Zn]. The van der Waals surface area contributed by atoms with Gasteiger partial charge < -0.3 is 0 Å². The molecular weight excluding hydrogens is 381 g/mol. The Bertz CT molecular complexity index is 15.5. The number of rotatable bonds is 0. The van der Waals surface area contributed by atoms with Gasteiger partial charge in [0, 0.05) is 0 Å². The molecule has 0 atom stereocenters. The molecule has 0 aliphatic carbocycles. The standard InChI is InChI=1S/Bi.Co.3O.Zn.H. The molecule has 0 saturated heterocycles. The molecule has 0 radical (unpaired) electrons. The maximum absolute atomic E-state index is 8.39. The van der Waals surface area contributed by atoms with Crippen molar-refractivity contribution in [3.8, 4) is 0 Å². The van der Waals surface area contributed by atoms with Crippen LogP contribution in [0.25, 0.3) is 0 Å². The van der Waals surface area contributed by atoms with Crippen molar-refractivity contribution in [2.24, 2.45) is 0 Å². The molecule has 0 amide bonds. The molecule has 0 unspecified atom stereocenters. The zero-order valence-corrected chi connectivity index (χ0v) is 10.7. The van der Waals surface area contributed by atoms with Gasteiger partial charge in [-0.2, -0.15) is 0 Å². The molecule has 0 spiro atoms. The molecule has 0 aliphatic rings. The van der Waals surface area contributed by atoms with Crippen molar-refractivity contribution in [1.29, 1.82) is 0 Å². The Labute approximate surface area is 68.3 Å². The van der Waals surface area contributed by atoms with Gasteiger partial charge in [-0.05, 0) is 0 Å². The summed E-state index contributed by atoms with van der Waals surface area (Å²) in [5.41, 5.74) is 0. The van der Waals surface area contributed by atoms with E-state index in [2.05, 4.69) is 15.7 Å². The molecule has 3 nitrogen and oxygen atoms in total. The molecule has 6 heavy (non-hydrogen) atoms. The van der Waals surface area contributed by atoms with Crippen LogP contribution < -0.4 is 0 Å². The Morgan fingerprint density at radius 3 is 1.17 bits per heavy atom. The van der Waals surface area contributed by atoms with Gasteiger partial charge in [-0.3, -0.25) is 0 Å². The second-order valence-electron chi connectivity index (χ2n) is 0. The summed E-state index contributed by atoms with van der Waals surface area (Å²) in [7, 11) is 0. The van der Waals surface area contributed by atoms with Crippen LogP contribution in [0.15, 0.2) is 0 Å². The minimum atomic E-state index is 0.0556. The van der Waals surface area contributed by atoms with Crippen LogP contribution >= 0.6 is 0 Å². The molecule has 0 bridgehead atoms. The van der Waals surface area contributed by atoms with Gasteiger partial charge in [0.25, 0.3) is 0 Å². The van der Waals surface area contributed by atoms with E-state index in [0.717, 1.165) is 0 Å². The van der Waals surface area contributed by atoms with Crippen molar-refractivity contribution < 1.29 is 44.2 Å². The van der Waals surface area contributed by atoms with Gasteiger partial charge in [-0.25, -0.2) is 0 Å². The summed E-state index contributed by atoms with van der Waals surface area (Å²) < 4.78 is 24.7. The van der Waals surface area contributed by atoms with Crippen molar-refractivity contribution in [2.75, 3.05) is 0 Å². The Balaban J connectivity index is -0.0000000225. The van der Waals surface area contributed by atoms with E-state index in [1.807, 2.05) is 0 Å². The van der Waals surface area contributed by atoms with E-state index in [-0.39, 0.29) is 43.0 Å². The van der Waals surface area contributed by atoms with Gasteiger partial charge in [-0.1, -0.05) is 0 Å². The van der Waals surface area contributed by atoms with E-state index in [4.69, 9.17) is 10.3 Å². The first-order chi connectivity index (χ1) is 3.00. The Hall–Kier alpha value is 1.41. The van der Waals surface area contributed by atoms with E-state index >= 15 is 0 Å². The quantitative estimate of drug-likeness (QED) is 0.505. The molecule has 0 aliphatic heterocycles.